The quantitative estimate of drug-likeness (QED) is 0.150. The van der Waals surface area contributed by atoms with Crippen molar-refractivity contribution in [3.05, 3.63) is 48.6 Å². The van der Waals surface area contributed by atoms with Crippen LogP contribution < -0.4 is 11.1 Å². The molecular weight excluding hydrogens is 585 g/mol. The Morgan fingerprint density at radius 3 is 1.79 bits per heavy atom. The number of nitrogens with zero attached hydrogens (tertiary/aromatic N) is 1. The first-order chi connectivity index (χ1) is 23.4. The van der Waals surface area contributed by atoms with Crippen LogP contribution in [0.25, 0.3) is 0 Å². The minimum Gasteiger partial charge on any atom is -0.370 e. The van der Waals surface area contributed by atoms with E-state index < -0.39 is 0 Å². The largest absolute Gasteiger partial charge is 0.370 e. The minimum atomic E-state index is 0.0770. The van der Waals surface area contributed by atoms with Crippen molar-refractivity contribution in [2.45, 2.75) is 175 Å². The van der Waals surface area contributed by atoms with Gasteiger partial charge >= 0.3 is 0 Å². The molecule has 0 radical (unpaired) electrons. The molecule has 0 saturated carbocycles. The number of nitrogens with two attached hydrogens (primary N) is 1. The zero-order valence-electron chi connectivity index (χ0n) is 32.5. The summed E-state index contributed by atoms with van der Waals surface area (Å²) in [5.41, 5.74) is 5.49. The minimum absolute atomic E-state index is 0.0770. The third-order valence-corrected chi connectivity index (χ3v) is 10.8. The molecule has 4 nitrogen and oxygen atoms in total. The van der Waals surface area contributed by atoms with E-state index in [4.69, 9.17) is 11.1 Å². The SMILES string of the molecule is CCC1CC/C=C\C/C=C\CCCCCCCCC(CN(C)CCNC(=N)N)CC[C@H](C)CCCCCC/C=C\C/C=C\CCCC1C. The maximum Gasteiger partial charge on any atom is 0.185 e. The molecule has 1 aliphatic carbocycles. The lowest BCUT2D eigenvalue weighted by molar-refractivity contribution is 0.244. The van der Waals surface area contributed by atoms with Crippen LogP contribution in [-0.4, -0.2) is 37.5 Å². The maximum absolute atomic E-state index is 7.43. The van der Waals surface area contributed by atoms with E-state index in [1.165, 1.54) is 141 Å². The highest BCUT2D eigenvalue weighted by Crippen LogP contribution is 2.26. The van der Waals surface area contributed by atoms with Crippen LogP contribution in [0.5, 0.6) is 0 Å². The van der Waals surface area contributed by atoms with Gasteiger partial charge in [0.1, 0.15) is 0 Å². The summed E-state index contributed by atoms with van der Waals surface area (Å²) >= 11 is 0. The van der Waals surface area contributed by atoms with Gasteiger partial charge in [0, 0.05) is 19.6 Å². The lowest BCUT2D eigenvalue weighted by Gasteiger charge is -2.25. The number of rotatable bonds is 6. The standard InChI is InChI=1S/C44H82N4/c1-5-43-34-30-26-22-18-14-8-6-7-13-17-21-25-29-33-42(39-48(4)38-37-47-44(45)46)36-35-40(2)31-27-23-19-15-11-9-10-12-16-20-24-28-32-41(43)3/h8-10,14,16,20,22,26,40-43H,5-7,11-13,15,17-19,21,23-25,27-39H2,1-4H3,(H4,45,46,47)/b10-9-,14-8-,20-16-,26-22-/t40-,41?,42?,43?/m1/s1. The van der Waals surface area contributed by atoms with E-state index in [0.29, 0.717) is 0 Å². The van der Waals surface area contributed by atoms with E-state index in [9.17, 15) is 0 Å². The summed E-state index contributed by atoms with van der Waals surface area (Å²) in [5.74, 6) is 3.39. The highest BCUT2D eigenvalue weighted by Gasteiger charge is 2.15. The van der Waals surface area contributed by atoms with Crippen LogP contribution in [-0.2, 0) is 0 Å². The van der Waals surface area contributed by atoms with Crippen LogP contribution in [0.2, 0.25) is 0 Å². The monoisotopic (exact) mass is 667 g/mol. The molecule has 0 saturated heterocycles. The van der Waals surface area contributed by atoms with Gasteiger partial charge in [-0.15, -0.1) is 0 Å². The lowest BCUT2D eigenvalue weighted by Crippen LogP contribution is -2.38. The van der Waals surface area contributed by atoms with Crippen LogP contribution in [0, 0.1) is 29.1 Å². The Morgan fingerprint density at radius 1 is 0.646 bits per heavy atom. The smallest absolute Gasteiger partial charge is 0.185 e. The highest BCUT2D eigenvalue weighted by molar-refractivity contribution is 5.74. The molecule has 3 unspecified atom stereocenters. The highest BCUT2D eigenvalue weighted by atomic mass is 15.1. The van der Waals surface area contributed by atoms with Gasteiger partial charge in [-0.1, -0.05) is 146 Å². The molecule has 0 fully saturated rings. The molecule has 0 spiro atoms. The average Bonchev–Trinajstić information content (AvgIpc) is 3.06. The van der Waals surface area contributed by atoms with Gasteiger partial charge in [0.15, 0.2) is 5.96 Å². The maximum atomic E-state index is 7.43. The van der Waals surface area contributed by atoms with Crippen LogP contribution in [0.15, 0.2) is 48.6 Å². The molecule has 0 aromatic rings. The number of guanidine groups is 1. The Kier molecular flexibility index (Phi) is 29.8. The second-order valence-corrected chi connectivity index (χ2v) is 15.4. The Morgan fingerprint density at radius 2 is 1.19 bits per heavy atom. The molecule has 278 valence electrons. The van der Waals surface area contributed by atoms with E-state index in [0.717, 1.165) is 56.1 Å². The van der Waals surface area contributed by atoms with Crippen LogP contribution in [0.3, 0.4) is 0 Å². The number of nitrogens with one attached hydrogen (secondary N) is 2. The van der Waals surface area contributed by atoms with Gasteiger partial charge in [-0.3, -0.25) is 5.41 Å². The fourth-order valence-electron chi connectivity index (χ4n) is 7.42. The topological polar surface area (TPSA) is 65.1 Å². The lowest BCUT2D eigenvalue weighted by atomic mass is 9.84. The van der Waals surface area contributed by atoms with Crippen molar-refractivity contribution in [1.29, 1.82) is 5.41 Å². The van der Waals surface area contributed by atoms with E-state index >= 15 is 0 Å². The number of hydrogen-bond donors (Lipinski definition) is 3. The second-order valence-electron chi connectivity index (χ2n) is 15.4. The van der Waals surface area contributed by atoms with E-state index in [1.807, 2.05) is 0 Å². The molecule has 0 heterocycles. The zero-order valence-corrected chi connectivity index (χ0v) is 32.5. The molecule has 48 heavy (non-hydrogen) atoms. The molecule has 0 amide bonds. The van der Waals surface area contributed by atoms with E-state index in [1.54, 1.807) is 0 Å². The molecule has 0 bridgehead atoms. The van der Waals surface area contributed by atoms with Crippen molar-refractivity contribution in [3.8, 4) is 0 Å². The van der Waals surface area contributed by atoms with Gasteiger partial charge in [0.05, 0.1) is 0 Å². The Hall–Kier alpha value is -1.81. The normalized spacial score (nSPS) is 28.3. The van der Waals surface area contributed by atoms with E-state index in [2.05, 4.69) is 86.6 Å². The zero-order chi connectivity index (χ0) is 34.9. The van der Waals surface area contributed by atoms with Gasteiger partial charge in [-0.05, 0) is 108 Å². The first-order valence-corrected chi connectivity index (χ1v) is 20.8. The molecule has 4 heteroatoms. The molecule has 1 aliphatic rings. The van der Waals surface area contributed by atoms with Crippen molar-refractivity contribution in [2.75, 3.05) is 26.7 Å². The van der Waals surface area contributed by atoms with Crippen molar-refractivity contribution < 1.29 is 0 Å². The Labute approximate surface area is 300 Å². The molecule has 0 aromatic heterocycles. The van der Waals surface area contributed by atoms with Gasteiger partial charge in [0.2, 0.25) is 0 Å². The summed E-state index contributed by atoms with van der Waals surface area (Å²) in [6.45, 7) is 10.2. The summed E-state index contributed by atoms with van der Waals surface area (Å²) in [7, 11) is 2.23. The van der Waals surface area contributed by atoms with Crippen molar-refractivity contribution in [1.82, 2.24) is 10.2 Å². The average molecular weight is 667 g/mol. The van der Waals surface area contributed by atoms with Crippen LogP contribution in [0.1, 0.15) is 175 Å². The summed E-state index contributed by atoms with van der Waals surface area (Å²) in [6.07, 6.45) is 50.8. The number of likely N-dealkylation sites (N-methyl/N-ethyl adjacent to an activating group) is 1. The summed E-state index contributed by atoms with van der Waals surface area (Å²) in [4.78, 5) is 2.44. The number of allylic oxidation sites excluding steroid dienone is 8. The van der Waals surface area contributed by atoms with Crippen molar-refractivity contribution in [3.63, 3.8) is 0 Å². The molecule has 4 atom stereocenters. The molecule has 0 aromatic carbocycles. The molecule has 1 rings (SSSR count). The summed E-state index contributed by atoms with van der Waals surface area (Å²) < 4.78 is 0. The van der Waals surface area contributed by atoms with Gasteiger partial charge in [-0.2, -0.15) is 0 Å². The summed E-state index contributed by atoms with van der Waals surface area (Å²) in [6, 6.07) is 0. The molecule has 0 aliphatic heterocycles. The number of hydrogen-bond acceptors (Lipinski definition) is 2. The predicted molar refractivity (Wildman–Crippen MR) is 216 cm³/mol. The van der Waals surface area contributed by atoms with Gasteiger partial charge in [0.25, 0.3) is 0 Å². The fraction of sp³-hybridized carbons (Fsp3) is 0.795. The molecular formula is C44H82N4. The first kappa shape index (κ1) is 44.2. The third kappa shape index (κ3) is 28.1. The first-order valence-electron chi connectivity index (χ1n) is 20.8. The predicted octanol–water partition coefficient (Wildman–Crippen LogP) is 12.5. The van der Waals surface area contributed by atoms with Crippen molar-refractivity contribution in [2.24, 2.45) is 29.4 Å². The van der Waals surface area contributed by atoms with Crippen molar-refractivity contribution >= 4 is 5.96 Å². The fourth-order valence-corrected chi connectivity index (χ4v) is 7.42. The van der Waals surface area contributed by atoms with Gasteiger partial charge < -0.3 is 16.0 Å². The Bertz CT molecular complexity index is 843. The van der Waals surface area contributed by atoms with Crippen LogP contribution >= 0.6 is 0 Å². The third-order valence-electron chi connectivity index (χ3n) is 10.8. The molecule has 4 N–H and O–H groups in total. The Balaban J connectivity index is 2.55. The second kappa shape index (κ2) is 32.4. The van der Waals surface area contributed by atoms with Gasteiger partial charge in [-0.25, -0.2) is 0 Å². The van der Waals surface area contributed by atoms with E-state index in [-0.39, 0.29) is 5.96 Å². The summed E-state index contributed by atoms with van der Waals surface area (Å²) in [5, 5.41) is 10.4. The van der Waals surface area contributed by atoms with Crippen LogP contribution in [0.4, 0.5) is 0 Å².